The molecule has 1 aliphatic heterocycles. The Morgan fingerprint density at radius 1 is 1.33 bits per heavy atom. The molecule has 0 spiro atoms. The van der Waals surface area contributed by atoms with Crippen molar-refractivity contribution in [3.63, 3.8) is 0 Å². The maximum Gasteiger partial charge on any atom is 0.327 e. The Morgan fingerprint density at radius 2 is 2.08 bits per heavy atom. The van der Waals surface area contributed by atoms with E-state index in [1.807, 2.05) is 29.8 Å². The second-order valence-electron chi connectivity index (χ2n) is 5.74. The summed E-state index contributed by atoms with van der Waals surface area (Å²) in [7, 11) is 1.42. The van der Waals surface area contributed by atoms with Crippen LogP contribution in [0, 0.1) is 0 Å². The lowest BCUT2D eigenvalue weighted by Gasteiger charge is -2.38. The van der Waals surface area contributed by atoms with Crippen LogP contribution in [0.15, 0.2) is 35.2 Å². The Balaban J connectivity index is 1.69. The molecule has 0 radical (unpaired) electrons. The summed E-state index contributed by atoms with van der Waals surface area (Å²) in [5.74, 6) is -0.268. The lowest BCUT2D eigenvalue weighted by Crippen LogP contribution is -2.49. The summed E-state index contributed by atoms with van der Waals surface area (Å²) >= 11 is 7.93. The number of esters is 1. The van der Waals surface area contributed by atoms with Crippen molar-refractivity contribution in [3.05, 3.63) is 51.4 Å². The molecule has 1 fully saturated rings. The number of benzene rings is 1. The van der Waals surface area contributed by atoms with Crippen molar-refractivity contribution in [2.24, 2.45) is 0 Å². The minimum absolute atomic E-state index is 0.268. The van der Waals surface area contributed by atoms with Crippen molar-refractivity contribution >= 4 is 28.9 Å². The van der Waals surface area contributed by atoms with E-state index < -0.39 is 6.04 Å². The van der Waals surface area contributed by atoms with Crippen molar-refractivity contribution in [2.45, 2.75) is 12.6 Å². The van der Waals surface area contributed by atoms with Gasteiger partial charge in [-0.05, 0) is 11.6 Å². The zero-order chi connectivity index (χ0) is 16.9. The summed E-state index contributed by atoms with van der Waals surface area (Å²) in [6.07, 6.45) is 0. The molecular weight excluding hydrogens is 346 g/mol. The average Bonchev–Trinajstić information content (AvgIpc) is 3.11. The fraction of sp³-hybridized carbons (Fsp3) is 0.412. The monoisotopic (exact) mass is 365 g/mol. The fourth-order valence-electron chi connectivity index (χ4n) is 3.01. The van der Waals surface area contributed by atoms with E-state index in [9.17, 15) is 4.79 Å². The zero-order valence-electron chi connectivity index (χ0n) is 13.5. The van der Waals surface area contributed by atoms with Gasteiger partial charge >= 0.3 is 5.97 Å². The lowest BCUT2D eigenvalue weighted by molar-refractivity contribution is -0.148. The van der Waals surface area contributed by atoms with Crippen LogP contribution in [0.1, 0.15) is 17.3 Å². The Bertz CT molecular complexity index is 672. The van der Waals surface area contributed by atoms with Crippen LogP contribution in [0.25, 0.3) is 0 Å². The van der Waals surface area contributed by atoms with Crippen molar-refractivity contribution in [3.8, 4) is 0 Å². The predicted molar refractivity (Wildman–Crippen MR) is 95.2 cm³/mol. The summed E-state index contributed by atoms with van der Waals surface area (Å²) in [4.78, 5) is 21.2. The normalized spacial score (nSPS) is 17.6. The first-order valence-corrected chi connectivity index (χ1v) is 9.17. The minimum Gasteiger partial charge on any atom is -0.468 e. The van der Waals surface area contributed by atoms with Gasteiger partial charge in [0.05, 0.1) is 18.3 Å². The Labute approximate surface area is 150 Å². The number of aromatic nitrogens is 1. The molecule has 2 heterocycles. The standard InChI is InChI=1S/C17H20ClN3O2S/c1-23-17(22)16(14-4-2-3-5-15(14)18)21-8-6-20(7-9-21)10-13-11-24-12-19-13/h2-5,11-12,16H,6-10H2,1H3/t16-/m1/s1. The van der Waals surface area contributed by atoms with E-state index in [4.69, 9.17) is 16.3 Å². The smallest absolute Gasteiger partial charge is 0.327 e. The van der Waals surface area contributed by atoms with Crippen molar-refractivity contribution in [1.82, 2.24) is 14.8 Å². The third-order valence-corrected chi connectivity index (χ3v) is 5.24. The van der Waals surface area contributed by atoms with E-state index in [1.165, 1.54) is 7.11 Å². The predicted octanol–water partition coefficient (Wildman–Crippen LogP) is 2.83. The van der Waals surface area contributed by atoms with Crippen LogP contribution in [0.5, 0.6) is 0 Å². The summed E-state index contributed by atoms with van der Waals surface area (Å²) in [6, 6.07) is 7.02. The molecule has 7 heteroatoms. The van der Waals surface area contributed by atoms with Gasteiger partial charge in [0.1, 0.15) is 6.04 Å². The number of rotatable bonds is 5. The number of ether oxygens (including phenoxy) is 1. The molecule has 2 aromatic rings. The first-order chi connectivity index (χ1) is 11.7. The average molecular weight is 366 g/mol. The van der Waals surface area contributed by atoms with Crippen molar-refractivity contribution in [2.75, 3.05) is 33.3 Å². The van der Waals surface area contributed by atoms with Crippen LogP contribution in [0.2, 0.25) is 5.02 Å². The summed E-state index contributed by atoms with van der Waals surface area (Å²) < 4.78 is 5.03. The molecule has 0 unspecified atom stereocenters. The molecular formula is C17H20ClN3O2S. The number of hydrogen-bond donors (Lipinski definition) is 0. The highest BCUT2D eigenvalue weighted by Gasteiger charge is 2.32. The highest BCUT2D eigenvalue weighted by atomic mass is 35.5. The summed E-state index contributed by atoms with van der Waals surface area (Å²) in [5, 5.41) is 2.67. The van der Waals surface area contributed by atoms with E-state index in [0.717, 1.165) is 44.0 Å². The molecule has 1 saturated heterocycles. The lowest BCUT2D eigenvalue weighted by atomic mass is 10.0. The highest BCUT2D eigenvalue weighted by molar-refractivity contribution is 7.07. The van der Waals surface area contributed by atoms with Gasteiger partial charge in [-0.15, -0.1) is 11.3 Å². The summed E-state index contributed by atoms with van der Waals surface area (Å²) in [5.41, 5.74) is 3.76. The second kappa shape index (κ2) is 8.07. The van der Waals surface area contributed by atoms with Crippen LogP contribution in [-0.2, 0) is 16.1 Å². The van der Waals surface area contributed by atoms with Gasteiger partial charge in [0.2, 0.25) is 0 Å². The van der Waals surface area contributed by atoms with Crippen molar-refractivity contribution < 1.29 is 9.53 Å². The summed E-state index contributed by atoms with van der Waals surface area (Å²) in [6.45, 7) is 4.20. The quantitative estimate of drug-likeness (QED) is 0.762. The van der Waals surface area contributed by atoms with E-state index in [2.05, 4.69) is 20.2 Å². The molecule has 0 aliphatic carbocycles. The van der Waals surface area contributed by atoms with Gasteiger partial charge in [-0.2, -0.15) is 0 Å². The SMILES string of the molecule is COC(=O)[C@@H](c1ccccc1Cl)N1CCN(Cc2cscn2)CC1. The second-order valence-corrected chi connectivity index (χ2v) is 6.86. The van der Waals surface area contributed by atoms with Gasteiger partial charge in [-0.3, -0.25) is 9.80 Å². The van der Waals surface area contributed by atoms with E-state index in [1.54, 1.807) is 11.3 Å². The Kier molecular flexibility index (Phi) is 5.84. The first kappa shape index (κ1) is 17.4. The molecule has 0 saturated carbocycles. The number of halogens is 1. The largest absolute Gasteiger partial charge is 0.468 e. The molecule has 1 aliphatic rings. The molecule has 0 bridgehead atoms. The number of methoxy groups -OCH3 is 1. The van der Waals surface area contributed by atoms with E-state index in [0.29, 0.717) is 5.02 Å². The molecule has 1 aromatic carbocycles. The van der Waals surface area contributed by atoms with Gasteiger partial charge in [0, 0.05) is 43.1 Å². The number of carbonyl (C=O) groups excluding carboxylic acids is 1. The molecule has 0 amide bonds. The molecule has 1 atom stereocenters. The third-order valence-electron chi connectivity index (χ3n) is 4.27. The molecule has 3 rings (SSSR count). The number of thiazole rings is 1. The van der Waals surface area contributed by atoms with Crippen LogP contribution in [-0.4, -0.2) is 54.0 Å². The molecule has 5 nitrogen and oxygen atoms in total. The van der Waals surface area contributed by atoms with Crippen LogP contribution >= 0.6 is 22.9 Å². The highest BCUT2D eigenvalue weighted by Crippen LogP contribution is 2.29. The number of hydrogen-bond acceptors (Lipinski definition) is 6. The number of nitrogens with zero attached hydrogens (tertiary/aromatic N) is 3. The zero-order valence-corrected chi connectivity index (χ0v) is 15.1. The Hall–Kier alpha value is -1.47. The van der Waals surface area contributed by atoms with E-state index in [-0.39, 0.29) is 5.97 Å². The first-order valence-electron chi connectivity index (χ1n) is 7.84. The van der Waals surface area contributed by atoms with Crippen molar-refractivity contribution in [1.29, 1.82) is 0 Å². The van der Waals surface area contributed by atoms with Gasteiger partial charge in [0.25, 0.3) is 0 Å². The van der Waals surface area contributed by atoms with Crippen LogP contribution < -0.4 is 0 Å². The third kappa shape index (κ3) is 3.95. The topological polar surface area (TPSA) is 45.7 Å². The van der Waals surface area contributed by atoms with Crippen LogP contribution in [0.4, 0.5) is 0 Å². The molecule has 0 N–H and O–H groups in total. The Morgan fingerprint density at radius 3 is 2.71 bits per heavy atom. The molecule has 128 valence electrons. The van der Waals surface area contributed by atoms with Gasteiger partial charge in [-0.25, -0.2) is 9.78 Å². The van der Waals surface area contributed by atoms with Gasteiger partial charge in [0.15, 0.2) is 0 Å². The molecule has 24 heavy (non-hydrogen) atoms. The number of piperazine rings is 1. The minimum atomic E-state index is -0.454. The number of carbonyl (C=O) groups is 1. The van der Waals surface area contributed by atoms with E-state index >= 15 is 0 Å². The fourth-order valence-corrected chi connectivity index (χ4v) is 3.79. The van der Waals surface area contributed by atoms with Gasteiger partial charge in [-0.1, -0.05) is 29.8 Å². The maximum atomic E-state index is 12.4. The molecule has 1 aromatic heterocycles. The maximum absolute atomic E-state index is 12.4. The van der Waals surface area contributed by atoms with Crippen LogP contribution in [0.3, 0.4) is 0 Å². The van der Waals surface area contributed by atoms with Gasteiger partial charge < -0.3 is 4.74 Å².